The number of nitrogens with zero attached hydrogens (tertiary/aromatic N) is 2. The van der Waals surface area contributed by atoms with Gasteiger partial charge in [-0.15, -0.1) is 0 Å². The first-order chi connectivity index (χ1) is 17.1. The number of aromatic nitrogens is 2. The van der Waals surface area contributed by atoms with Crippen LogP contribution in [0.4, 0.5) is 5.95 Å². The van der Waals surface area contributed by atoms with Crippen LogP contribution in [0, 0.1) is 20.8 Å². The van der Waals surface area contributed by atoms with Crippen LogP contribution in [0.1, 0.15) is 32.6 Å². The van der Waals surface area contributed by atoms with Gasteiger partial charge < -0.3 is 10.4 Å². The molecule has 3 aromatic carbocycles. The van der Waals surface area contributed by atoms with E-state index in [9.17, 15) is 18.3 Å². The van der Waals surface area contributed by atoms with Gasteiger partial charge in [-0.2, -0.15) is 4.98 Å². The zero-order valence-corrected chi connectivity index (χ0v) is 20.9. The van der Waals surface area contributed by atoms with Crippen LogP contribution in [0.3, 0.4) is 0 Å². The second-order valence-electron chi connectivity index (χ2n) is 8.50. The van der Waals surface area contributed by atoms with Gasteiger partial charge in [0.2, 0.25) is 11.8 Å². The van der Waals surface area contributed by atoms with E-state index in [2.05, 4.69) is 20.0 Å². The summed E-state index contributed by atoms with van der Waals surface area (Å²) in [6.07, 6.45) is 0. The Morgan fingerprint density at radius 2 is 1.56 bits per heavy atom. The smallest absolute Gasteiger partial charge is 0.264 e. The maximum Gasteiger partial charge on any atom is 0.264 e. The number of aromatic hydroxyl groups is 1. The minimum absolute atomic E-state index is 0.133. The van der Waals surface area contributed by atoms with Crippen molar-refractivity contribution in [2.75, 3.05) is 4.72 Å². The molecule has 0 unspecified atom stereocenters. The lowest BCUT2D eigenvalue weighted by molar-refractivity contribution is 0.0950. The van der Waals surface area contributed by atoms with Crippen molar-refractivity contribution in [3.8, 4) is 17.1 Å². The van der Waals surface area contributed by atoms with Gasteiger partial charge in [-0.05, 0) is 55.7 Å². The summed E-state index contributed by atoms with van der Waals surface area (Å²) >= 11 is 0. The monoisotopic (exact) mass is 502 g/mol. The molecule has 0 saturated heterocycles. The number of carbonyl (C=O) groups excluding carboxylic acids is 1. The number of benzene rings is 3. The zero-order chi connectivity index (χ0) is 25.9. The van der Waals surface area contributed by atoms with E-state index in [-0.39, 0.29) is 22.3 Å². The predicted octanol–water partition coefficient (Wildman–Crippen LogP) is 4.51. The molecular formula is C27H26N4O4S. The van der Waals surface area contributed by atoms with Crippen LogP contribution in [0.15, 0.2) is 77.7 Å². The molecule has 8 nitrogen and oxygen atoms in total. The molecule has 0 aliphatic carbocycles. The fourth-order valence-electron chi connectivity index (χ4n) is 3.80. The summed E-state index contributed by atoms with van der Waals surface area (Å²) in [5, 5.41) is 12.9. The van der Waals surface area contributed by atoms with Crippen molar-refractivity contribution in [1.29, 1.82) is 0 Å². The molecular weight excluding hydrogens is 476 g/mol. The molecule has 0 saturated carbocycles. The fraction of sp³-hybridized carbons (Fsp3) is 0.148. The summed E-state index contributed by atoms with van der Waals surface area (Å²) in [6, 6.07) is 20.5. The number of amides is 1. The van der Waals surface area contributed by atoms with Crippen molar-refractivity contribution in [3.05, 3.63) is 101 Å². The van der Waals surface area contributed by atoms with Gasteiger partial charge in [0, 0.05) is 23.7 Å². The first-order valence-electron chi connectivity index (χ1n) is 11.2. The molecule has 3 N–H and O–H groups in total. The van der Waals surface area contributed by atoms with Crippen molar-refractivity contribution < 1.29 is 18.3 Å². The van der Waals surface area contributed by atoms with Crippen LogP contribution in [0.2, 0.25) is 0 Å². The van der Waals surface area contributed by atoms with Crippen molar-refractivity contribution in [1.82, 2.24) is 15.3 Å². The highest BCUT2D eigenvalue weighted by molar-refractivity contribution is 7.92. The molecule has 0 aliphatic rings. The number of rotatable bonds is 7. The minimum atomic E-state index is -4.14. The van der Waals surface area contributed by atoms with Crippen molar-refractivity contribution in [2.45, 2.75) is 32.2 Å². The lowest BCUT2D eigenvalue weighted by Crippen LogP contribution is -2.23. The Morgan fingerprint density at radius 3 is 2.25 bits per heavy atom. The number of sulfonamides is 1. The van der Waals surface area contributed by atoms with E-state index in [4.69, 9.17) is 0 Å². The Morgan fingerprint density at radius 1 is 0.889 bits per heavy atom. The second kappa shape index (κ2) is 10.2. The standard InChI is InChI=1S/C27H26N4O4S/c1-17-10-12-20(13-11-17)16-28-26(33)21-8-5-9-22(14-21)36(34,35)31-27-29-23(15-24(32)30-27)25-18(2)6-4-7-19(25)3/h4-15H,16H2,1-3H3,(H,28,33)(H2,29,30,31,32). The Hall–Kier alpha value is -4.24. The molecule has 9 heteroatoms. The summed E-state index contributed by atoms with van der Waals surface area (Å²) in [5.41, 5.74) is 5.26. The highest BCUT2D eigenvalue weighted by Crippen LogP contribution is 2.28. The molecule has 0 aliphatic heterocycles. The quantitative estimate of drug-likeness (QED) is 0.342. The first-order valence-corrected chi connectivity index (χ1v) is 12.7. The lowest BCUT2D eigenvalue weighted by atomic mass is 10.00. The third-order valence-electron chi connectivity index (χ3n) is 5.66. The van der Waals surface area contributed by atoms with Crippen LogP contribution in [0.25, 0.3) is 11.3 Å². The molecule has 184 valence electrons. The van der Waals surface area contributed by atoms with Crippen LogP contribution in [-0.4, -0.2) is 29.4 Å². The highest BCUT2D eigenvalue weighted by Gasteiger charge is 2.20. The number of hydrogen-bond donors (Lipinski definition) is 3. The van der Waals surface area contributed by atoms with Crippen LogP contribution < -0.4 is 10.0 Å². The van der Waals surface area contributed by atoms with Gasteiger partial charge in [0.1, 0.15) is 0 Å². The van der Waals surface area contributed by atoms with E-state index in [1.165, 1.54) is 30.3 Å². The molecule has 0 fully saturated rings. The highest BCUT2D eigenvalue weighted by atomic mass is 32.2. The molecule has 36 heavy (non-hydrogen) atoms. The number of aryl methyl sites for hydroxylation is 3. The molecule has 1 heterocycles. The Balaban J connectivity index is 1.55. The average molecular weight is 503 g/mol. The van der Waals surface area contributed by atoms with Crippen molar-refractivity contribution >= 4 is 21.9 Å². The molecule has 4 aromatic rings. The van der Waals surface area contributed by atoms with Gasteiger partial charge in [-0.25, -0.2) is 18.1 Å². The maximum atomic E-state index is 13.1. The molecule has 4 rings (SSSR count). The number of hydrogen-bond acceptors (Lipinski definition) is 6. The Bertz CT molecular complexity index is 1510. The van der Waals surface area contributed by atoms with E-state index in [0.717, 1.165) is 27.8 Å². The zero-order valence-electron chi connectivity index (χ0n) is 20.1. The topological polar surface area (TPSA) is 121 Å². The van der Waals surface area contributed by atoms with E-state index >= 15 is 0 Å². The summed E-state index contributed by atoms with van der Waals surface area (Å²) < 4.78 is 28.5. The predicted molar refractivity (Wildman–Crippen MR) is 138 cm³/mol. The molecule has 1 amide bonds. The number of carbonyl (C=O) groups is 1. The van der Waals surface area contributed by atoms with Gasteiger partial charge in [-0.1, -0.05) is 54.1 Å². The normalized spacial score (nSPS) is 11.2. The van der Waals surface area contributed by atoms with E-state index in [1.807, 2.05) is 63.2 Å². The van der Waals surface area contributed by atoms with E-state index < -0.39 is 15.9 Å². The Labute approximate surface area is 210 Å². The van der Waals surface area contributed by atoms with E-state index in [1.54, 1.807) is 0 Å². The number of nitrogens with one attached hydrogen (secondary N) is 2. The molecule has 0 radical (unpaired) electrons. The molecule has 0 spiro atoms. The molecule has 0 bridgehead atoms. The summed E-state index contributed by atoms with van der Waals surface area (Å²) in [5.74, 6) is -1.05. The van der Waals surface area contributed by atoms with Gasteiger partial charge in [-0.3, -0.25) is 4.79 Å². The van der Waals surface area contributed by atoms with Crippen molar-refractivity contribution in [3.63, 3.8) is 0 Å². The SMILES string of the molecule is Cc1ccc(CNC(=O)c2cccc(S(=O)(=O)Nc3nc(O)cc(-c4c(C)cccc4C)n3)c2)cc1. The van der Waals surface area contributed by atoms with E-state index in [0.29, 0.717) is 12.2 Å². The van der Waals surface area contributed by atoms with Gasteiger partial charge in [0.25, 0.3) is 15.9 Å². The number of anilines is 1. The lowest BCUT2D eigenvalue weighted by Gasteiger charge is -2.12. The molecule has 1 aromatic heterocycles. The van der Waals surface area contributed by atoms with Gasteiger partial charge in [0.05, 0.1) is 10.6 Å². The summed E-state index contributed by atoms with van der Waals surface area (Å²) in [4.78, 5) is 20.7. The second-order valence-corrected chi connectivity index (χ2v) is 10.2. The largest absolute Gasteiger partial charge is 0.493 e. The minimum Gasteiger partial charge on any atom is -0.493 e. The van der Waals surface area contributed by atoms with Crippen LogP contribution >= 0.6 is 0 Å². The van der Waals surface area contributed by atoms with Crippen LogP contribution in [-0.2, 0) is 16.6 Å². The molecule has 0 atom stereocenters. The van der Waals surface area contributed by atoms with Crippen LogP contribution in [0.5, 0.6) is 5.88 Å². The van der Waals surface area contributed by atoms with Gasteiger partial charge >= 0.3 is 0 Å². The van der Waals surface area contributed by atoms with Crippen molar-refractivity contribution in [2.24, 2.45) is 0 Å². The fourth-order valence-corrected chi connectivity index (χ4v) is 4.79. The summed E-state index contributed by atoms with van der Waals surface area (Å²) in [7, 11) is -4.14. The third kappa shape index (κ3) is 5.69. The van der Waals surface area contributed by atoms with Gasteiger partial charge in [0.15, 0.2) is 0 Å². The third-order valence-corrected chi connectivity index (χ3v) is 6.98. The summed E-state index contributed by atoms with van der Waals surface area (Å²) in [6.45, 7) is 6.10. The maximum absolute atomic E-state index is 13.1. The Kier molecular flexibility index (Phi) is 7.03. The first kappa shape index (κ1) is 24.9. The average Bonchev–Trinajstić information content (AvgIpc) is 2.83.